The van der Waals surface area contributed by atoms with Crippen molar-refractivity contribution in [2.75, 3.05) is 5.73 Å². The Hall–Kier alpha value is -2.36. The number of benzene rings is 2. The number of aromatic hydroxyl groups is 1. The molecule has 2 aromatic rings. The molecule has 17 heavy (non-hydrogen) atoms. The lowest BCUT2D eigenvalue weighted by molar-refractivity contribution is 0.476. The minimum Gasteiger partial charge on any atom is -0.506 e. The lowest BCUT2D eigenvalue weighted by atomic mass is 10.2. The van der Waals surface area contributed by atoms with Crippen LogP contribution in [-0.2, 0) is 0 Å². The Kier molecular flexibility index (Phi) is 3.05. The summed E-state index contributed by atoms with van der Waals surface area (Å²) >= 11 is 0. The van der Waals surface area contributed by atoms with Crippen molar-refractivity contribution in [3.8, 4) is 5.75 Å². The van der Waals surface area contributed by atoms with Crippen LogP contribution in [0.4, 0.5) is 17.1 Å². The number of azo groups is 1. The Morgan fingerprint density at radius 3 is 2.53 bits per heavy atom. The molecule has 0 aliphatic heterocycles. The molecule has 2 aromatic carbocycles. The van der Waals surface area contributed by atoms with E-state index in [9.17, 15) is 5.11 Å². The van der Waals surface area contributed by atoms with Crippen molar-refractivity contribution in [3.05, 3.63) is 48.0 Å². The Morgan fingerprint density at radius 2 is 1.82 bits per heavy atom. The number of rotatable bonds is 2. The van der Waals surface area contributed by atoms with Crippen molar-refractivity contribution < 1.29 is 5.11 Å². The van der Waals surface area contributed by atoms with Crippen LogP contribution in [0, 0.1) is 6.92 Å². The van der Waals surface area contributed by atoms with Gasteiger partial charge in [-0.2, -0.15) is 5.11 Å². The van der Waals surface area contributed by atoms with Gasteiger partial charge in [0.15, 0.2) is 0 Å². The molecule has 2 rings (SSSR count). The summed E-state index contributed by atoms with van der Waals surface area (Å²) in [6, 6.07) is 12.2. The van der Waals surface area contributed by atoms with Gasteiger partial charge >= 0.3 is 0 Å². The third kappa shape index (κ3) is 2.60. The molecule has 0 fully saturated rings. The molecular weight excluding hydrogens is 214 g/mol. The molecule has 0 atom stereocenters. The van der Waals surface area contributed by atoms with E-state index in [1.807, 2.05) is 13.0 Å². The molecule has 0 spiro atoms. The number of nitrogen functional groups attached to an aromatic ring is 1. The minimum absolute atomic E-state index is 0.114. The summed E-state index contributed by atoms with van der Waals surface area (Å²) in [5.74, 6) is 0.114. The van der Waals surface area contributed by atoms with E-state index >= 15 is 0 Å². The first-order valence-corrected chi connectivity index (χ1v) is 5.22. The molecule has 4 heteroatoms. The Balaban J connectivity index is 2.26. The van der Waals surface area contributed by atoms with Crippen LogP contribution in [0.3, 0.4) is 0 Å². The molecule has 3 N–H and O–H groups in total. The maximum Gasteiger partial charge on any atom is 0.143 e. The number of nitrogens with two attached hydrogens (primary N) is 1. The summed E-state index contributed by atoms with van der Waals surface area (Å²) in [6.07, 6.45) is 0. The molecule has 0 saturated heterocycles. The third-order valence-electron chi connectivity index (χ3n) is 2.41. The van der Waals surface area contributed by atoms with Crippen LogP contribution in [-0.4, -0.2) is 5.11 Å². The van der Waals surface area contributed by atoms with E-state index in [2.05, 4.69) is 10.2 Å². The maximum absolute atomic E-state index is 9.51. The maximum atomic E-state index is 9.51. The smallest absolute Gasteiger partial charge is 0.143 e. The zero-order valence-corrected chi connectivity index (χ0v) is 9.46. The van der Waals surface area contributed by atoms with Gasteiger partial charge < -0.3 is 10.8 Å². The second-order valence-corrected chi connectivity index (χ2v) is 3.73. The fourth-order valence-electron chi connectivity index (χ4n) is 1.38. The zero-order valence-electron chi connectivity index (χ0n) is 9.46. The number of aryl methyl sites for hydroxylation is 1. The fraction of sp³-hybridized carbons (Fsp3) is 0.0769. The van der Waals surface area contributed by atoms with Gasteiger partial charge in [0.05, 0.1) is 5.69 Å². The van der Waals surface area contributed by atoms with Crippen molar-refractivity contribution in [2.45, 2.75) is 6.92 Å². The third-order valence-corrected chi connectivity index (χ3v) is 2.41. The van der Waals surface area contributed by atoms with Crippen molar-refractivity contribution in [1.29, 1.82) is 0 Å². The zero-order chi connectivity index (χ0) is 12.3. The van der Waals surface area contributed by atoms with Crippen molar-refractivity contribution in [1.82, 2.24) is 0 Å². The van der Waals surface area contributed by atoms with E-state index in [1.165, 1.54) is 0 Å². The van der Waals surface area contributed by atoms with Gasteiger partial charge in [-0.05, 0) is 42.8 Å². The lowest BCUT2D eigenvalue weighted by Crippen LogP contribution is -1.86. The SMILES string of the molecule is Cc1cc(N=Nc2ccccc2O)ccc1N. The molecule has 0 unspecified atom stereocenters. The van der Waals surface area contributed by atoms with Crippen molar-refractivity contribution in [2.24, 2.45) is 10.2 Å². The van der Waals surface area contributed by atoms with Gasteiger partial charge in [0.1, 0.15) is 11.4 Å². The summed E-state index contributed by atoms with van der Waals surface area (Å²) in [7, 11) is 0. The predicted molar refractivity (Wildman–Crippen MR) is 67.9 cm³/mol. The van der Waals surface area contributed by atoms with E-state index in [0.717, 1.165) is 11.3 Å². The summed E-state index contributed by atoms with van der Waals surface area (Å²) in [5, 5.41) is 17.5. The number of phenolic OH excluding ortho intramolecular Hbond substituents is 1. The summed E-state index contributed by atoms with van der Waals surface area (Å²) in [4.78, 5) is 0. The largest absolute Gasteiger partial charge is 0.506 e. The second-order valence-electron chi connectivity index (χ2n) is 3.73. The van der Waals surface area contributed by atoms with E-state index in [-0.39, 0.29) is 5.75 Å². The van der Waals surface area contributed by atoms with Crippen LogP contribution in [0.15, 0.2) is 52.7 Å². The quantitative estimate of drug-likeness (QED) is 0.606. The molecule has 0 aliphatic carbocycles. The standard InChI is InChI=1S/C13H13N3O/c1-9-8-10(6-7-11(9)14)15-16-12-4-2-3-5-13(12)17/h2-8,17H,14H2,1H3. The number of hydrogen-bond donors (Lipinski definition) is 2. The van der Waals surface area contributed by atoms with E-state index < -0.39 is 0 Å². The topological polar surface area (TPSA) is 71.0 Å². The molecule has 0 aliphatic rings. The van der Waals surface area contributed by atoms with Gasteiger partial charge in [-0.1, -0.05) is 12.1 Å². The average molecular weight is 227 g/mol. The van der Waals surface area contributed by atoms with Gasteiger partial charge in [-0.3, -0.25) is 0 Å². The number of para-hydroxylation sites is 1. The highest BCUT2D eigenvalue weighted by molar-refractivity contribution is 5.55. The Labute approximate surface area is 99.4 Å². The first kappa shape index (κ1) is 11.1. The van der Waals surface area contributed by atoms with Crippen LogP contribution in [0.2, 0.25) is 0 Å². The van der Waals surface area contributed by atoms with Gasteiger partial charge in [-0.25, -0.2) is 0 Å². The second kappa shape index (κ2) is 4.65. The molecule has 0 bridgehead atoms. The highest BCUT2D eigenvalue weighted by atomic mass is 16.3. The van der Waals surface area contributed by atoms with E-state index in [0.29, 0.717) is 11.4 Å². The highest BCUT2D eigenvalue weighted by Crippen LogP contribution is 2.27. The molecule has 4 nitrogen and oxygen atoms in total. The summed E-state index contributed by atoms with van der Waals surface area (Å²) in [5.41, 5.74) is 8.55. The molecule has 86 valence electrons. The molecule has 0 radical (unpaired) electrons. The number of hydrogen-bond acceptors (Lipinski definition) is 4. The van der Waals surface area contributed by atoms with Crippen molar-refractivity contribution in [3.63, 3.8) is 0 Å². The molecule has 0 heterocycles. The fourth-order valence-corrected chi connectivity index (χ4v) is 1.38. The Bertz CT molecular complexity index is 564. The van der Waals surface area contributed by atoms with Crippen LogP contribution in [0.1, 0.15) is 5.56 Å². The lowest BCUT2D eigenvalue weighted by Gasteiger charge is -2.00. The number of nitrogens with zero attached hydrogens (tertiary/aromatic N) is 2. The molecule has 0 amide bonds. The molecular formula is C13H13N3O. The van der Waals surface area contributed by atoms with Crippen LogP contribution >= 0.6 is 0 Å². The molecule has 0 saturated carbocycles. The van der Waals surface area contributed by atoms with Gasteiger partial charge in [0.2, 0.25) is 0 Å². The first-order chi connectivity index (χ1) is 8.16. The van der Waals surface area contributed by atoms with Crippen LogP contribution < -0.4 is 5.73 Å². The summed E-state index contributed by atoms with van der Waals surface area (Å²) in [6.45, 7) is 1.91. The van der Waals surface area contributed by atoms with Gasteiger partial charge in [0.25, 0.3) is 0 Å². The monoisotopic (exact) mass is 227 g/mol. The number of phenols is 1. The summed E-state index contributed by atoms with van der Waals surface area (Å²) < 4.78 is 0. The molecule has 0 aromatic heterocycles. The van der Waals surface area contributed by atoms with Crippen molar-refractivity contribution >= 4 is 17.1 Å². The minimum atomic E-state index is 0.114. The van der Waals surface area contributed by atoms with Crippen LogP contribution in [0.25, 0.3) is 0 Å². The normalized spacial score (nSPS) is 10.9. The van der Waals surface area contributed by atoms with Gasteiger partial charge in [-0.15, -0.1) is 5.11 Å². The Morgan fingerprint density at radius 1 is 1.06 bits per heavy atom. The first-order valence-electron chi connectivity index (χ1n) is 5.22. The van der Waals surface area contributed by atoms with Crippen LogP contribution in [0.5, 0.6) is 5.75 Å². The predicted octanol–water partition coefficient (Wildman–Crippen LogP) is 3.70. The highest BCUT2D eigenvalue weighted by Gasteiger charge is 1.98. The van der Waals surface area contributed by atoms with Gasteiger partial charge in [0, 0.05) is 5.69 Å². The van der Waals surface area contributed by atoms with E-state index in [1.54, 1.807) is 36.4 Å². The average Bonchev–Trinajstić information content (AvgIpc) is 2.32. The number of anilines is 1. The van der Waals surface area contributed by atoms with E-state index in [4.69, 9.17) is 5.73 Å².